The van der Waals surface area contributed by atoms with Crippen LogP contribution in [0.1, 0.15) is 28.7 Å². The van der Waals surface area contributed by atoms with Crippen molar-refractivity contribution in [1.82, 2.24) is 0 Å². The summed E-state index contributed by atoms with van der Waals surface area (Å²) in [6.45, 7) is 1.97. The number of rotatable bonds is 4. The first-order chi connectivity index (χ1) is 9.52. The van der Waals surface area contributed by atoms with E-state index in [2.05, 4.69) is 0 Å². The molecule has 0 heterocycles. The van der Waals surface area contributed by atoms with Gasteiger partial charge in [-0.25, -0.2) is 8.78 Å². The molecule has 2 aromatic carbocycles. The van der Waals surface area contributed by atoms with Crippen molar-refractivity contribution >= 4 is 0 Å². The maximum atomic E-state index is 13.3. The average Bonchev–Trinajstić information content (AvgIpc) is 2.38. The zero-order chi connectivity index (χ0) is 14.7. The van der Waals surface area contributed by atoms with E-state index in [1.807, 2.05) is 25.1 Å². The number of aliphatic hydroxyl groups excluding tert-OH is 1. The summed E-state index contributed by atoms with van der Waals surface area (Å²) in [5.41, 5.74) is 7.68. The SMILES string of the molecule is Cc1ccccc1C(O)C(CN)c1cc(F)cc(F)c1. The zero-order valence-electron chi connectivity index (χ0n) is 11.2. The van der Waals surface area contributed by atoms with Crippen LogP contribution in [0.15, 0.2) is 42.5 Å². The second-order valence-electron chi connectivity index (χ2n) is 4.85. The van der Waals surface area contributed by atoms with Gasteiger partial charge in [0.1, 0.15) is 11.6 Å². The number of aryl methyl sites for hydroxylation is 1. The molecular formula is C16H17F2NO. The van der Waals surface area contributed by atoms with Gasteiger partial charge in [-0.3, -0.25) is 0 Å². The molecule has 0 aliphatic carbocycles. The monoisotopic (exact) mass is 277 g/mol. The summed E-state index contributed by atoms with van der Waals surface area (Å²) in [4.78, 5) is 0. The van der Waals surface area contributed by atoms with Gasteiger partial charge in [-0.1, -0.05) is 24.3 Å². The number of hydrogen-bond acceptors (Lipinski definition) is 2. The van der Waals surface area contributed by atoms with E-state index < -0.39 is 23.7 Å². The van der Waals surface area contributed by atoms with Crippen LogP contribution in [-0.2, 0) is 0 Å². The Kier molecular flexibility index (Phi) is 4.47. The Morgan fingerprint density at radius 3 is 2.25 bits per heavy atom. The van der Waals surface area contributed by atoms with Gasteiger partial charge in [-0.2, -0.15) is 0 Å². The molecule has 0 aliphatic rings. The topological polar surface area (TPSA) is 46.2 Å². The largest absolute Gasteiger partial charge is 0.388 e. The van der Waals surface area contributed by atoms with E-state index >= 15 is 0 Å². The normalized spacial score (nSPS) is 14.1. The van der Waals surface area contributed by atoms with Crippen LogP contribution < -0.4 is 5.73 Å². The Bertz CT molecular complexity index is 581. The molecule has 2 aromatic rings. The molecule has 0 bridgehead atoms. The van der Waals surface area contributed by atoms with Gasteiger partial charge in [-0.15, -0.1) is 0 Å². The molecule has 0 fully saturated rings. The Balaban J connectivity index is 2.39. The molecular weight excluding hydrogens is 260 g/mol. The summed E-state index contributed by atoms with van der Waals surface area (Å²) in [6.07, 6.45) is -0.901. The minimum absolute atomic E-state index is 0.0956. The number of aliphatic hydroxyl groups is 1. The Morgan fingerprint density at radius 2 is 1.70 bits per heavy atom. The second kappa shape index (κ2) is 6.11. The first-order valence-electron chi connectivity index (χ1n) is 6.42. The third-order valence-corrected chi connectivity index (χ3v) is 3.46. The molecule has 0 radical (unpaired) electrons. The highest BCUT2D eigenvalue weighted by Gasteiger charge is 2.23. The third-order valence-electron chi connectivity index (χ3n) is 3.46. The van der Waals surface area contributed by atoms with Crippen LogP contribution in [0.3, 0.4) is 0 Å². The average molecular weight is 277 g/mol. The number of hydrogen-bond donors (Lipinski definition) is 2. The Hall–Kier alpha value is -1.78. The molecule has 2 rings (SSSR count). The molecule has 0 aromatic heterocycles. The van der Waals surface area contributed by atoms with Crippen LogP contribution in [0, 0.1) is 18.6 Å². The van der Waals surface area contributed by atoms with Gasteiger partial charge in [0.2, 0.25) is 0 Å². The van der Waals surface area contributed by atoms with Crippen LogP contribution in [0.25, 0.3) is 0 Å². The van der Waals surface area contributed by atoms with Crippen LogP contribution >= 0.6 is 0 Å². The maximum Gasteiger partial charge on any atom is 0.126 e. The molecule has 0 aliphatic heterocycles. The summed E-state index contributed by atoms with van der Waals surface area (Å²) in [7, 11) is 0. The smallest absolute Gasteiger partial charge is 0.126 e. The van der Waals surface area contributed by atoms with Crippen molar-refractivity contribution in [2.75, 3.05) is 6.54 Å². The van der Waals surface area contributed by atoms with E-state index in [4.69, 9.17) is 5.73 Å². The van der Waals surface area contributed by atoms with Crippen molar-refractivity contribution in [3.63, 3.8) is 0 Å². The van der Waals surface area contributed by atoms with Crippen LogP contribution in [0.4, 0.5) is 8.78 Å². The fraction of sp³-hybridized carbons (Fsp3) is 0.250. The van der Waals surface area contributed by atoms with Crippen molar-refractivity contribution in [2.45, 2.75) is 18.9 Å². The van der Waals surface area contributed by atoms with E-state index in [9.17, 15) is 13.9 Å². The minimum Gasteiger partial charge on any atom is -0.388 e. The third kappa shape index (κ3) is 3.03. The van der Waals surface area contributed by atoms with E-state index in [0.717, 1.165) is 11.6 Å². The first kappa shape index (κ1) is 14.6. The van der Waals surface area contributed by atoms with Gasteiger partial charge in [-0.05, 0) is 35.7 Å². The van der Waals surface area contributed by atoms with Crippen molar-refractivity contribution in [2.24, 2.45) is 5.73 Å². The van der Waals surface area contributed by atoms with Gasteiger partial charge in [0.25, 0.3) is 0 Å². The highest BCUT2D eigenvalue weighted by molar-refractivity contribution is 5.32. The number of nitrogens with two attached hydrogens (primary N) is 1. The molecule has 2 unspecified atom stereocenters. The van der Waals surface area contributed by atoms with E-state index in [-0.39, 0.29) is 6.54 Å². The fourth-order valence-electron chi connectivity index (χ4n) is 2.37. The van der Waals surface area contributed by atoms with E-state index in [1.54, 1.807) is 6.07 Å². The predicted molar refractivity (Wildman–Crippen MR) is 74.3 cm³/mol. The lowest BCUT2D eigenvalue weighted by Crippen LogP contribution is -2.21. The highest BCUT2D eigenvalue weighted by atomic mass is 19.1. The number of benzene rings is 2. The summed E-state index contributed by atoms with van der Waals surface area (Å²) in [5, 5.41) is 10.5. The quantitative estimate of drug-likeness (QED) is 0.902. The Labute approximate surface area is 116 Å². The van der Waals surface area contributed by atoms with E-state index in [1.165, 1.54) is 12.1 Å². The predicted octanol–water partition coefficient (Wildman–Crippen LogP) is 3.05. The van der Waals surface area contributed by atoms with Crippen LogP contribution in [0.2, 0.25) is 0 Å². The minimum atomic E-state index is -0.901. The Morgan fingerprint density at radius 1 is 1.10 bits per heavy atom. The molecule has 20 heavy (non-hydrogen) atoms. The van der Waals surface area contributed by atoms with Crippen molar-refractivity contribution < 1.29 is 13.9 Å². The molecule has 2 nitrogen and oxygen atoms in total. The molecule has 0 saturated heterocycles. The lowest BCUT2D eigenvalue weighted by molar-refractivity contribution is 0.146. The fourth-order valence-corrected chi connectivity index (χ4v) is 2.37. The molecule has 0 spiro atoms. The molecule has 2 atom stereocenters. The zero-order valence-corrected chi connectivity index (χ0v) is 11.2. The van der Waals surface area contributed by atoms with Crippen molar-refractivity contribution in [3.8, 4) is 0 Å². The van der Waals surface area contributed by atoms with Gasteiger partial charge < -0.3 is 10.8 Å². The standard InChI is InChI=1S/C16H17F2NO/c1-10-4-2-3-5-14(10)16(20)15(9-19)11-6-12(17)8-13(18)7-11/h2-8,15-16,20H,9,19H2,1H3. The second-order valence-corrected chi connectivity index (χ2v) is 4.85. The van der Waals surface area contributed by atoms with Crippen LogP contribution in [0.5, 0.6) is 0 Å². The summed E-state index contributed by atoms with van der Waals surface area (Å²) < 4.78 is 26.6. The first-order valence-corrected chi connectivity index (χ1v) is 6.42. The van der Waals surface area contributed by atoms with E-state index in [0.29, 0.717) is 11.1 Å². The van der Waals surface area contributed by atoms with Crippen molar-refractivity contribution in [1.29, 1.82) is 0 Å². The van der Waals surface area contributed by atoms with Gasteiger partial charge >= 0.3 is 0 Å². The molecule has 106 valence electrons. The van der Waals surface area contributed by atoms with Gasteiger partial charge in [0, 0.05) is 18.5 Å². The summed E-state index contributed by atoms with van der Waals surface area (Å²) >= 11 is 0. The lowest BCUT2D eigenvalue weighted by atomic mass is 9.87. The summed E-state index contributed by atoms with van der Waals surface area (Å²) in [5.74, 6) is -1.90. The highest BCUT2D eigenvalue weighted by Crippen LogP contribution is 2.32. The van der Waals surface area contributed by atoms with Gasteiger partial charge in [0.15, 0.2) is 0 Å². The maximum absolute atomic E-state index is 13.3. The lowest BCUT2D eigenvalue weighted by Gasteiger charge is -2.23. The van der Waals surface area contributed by atoms with Crippen LogP contribution in [-0.4, -0.2) is 11.7 Å². The molecule has 0 saturated carbocycles. The number of halogens is 2. The summed E-state index contributed by atoms with van der Waals surface area (Å²) in [6, 6.07) is 10.6. The van der Waals surface area contributed by atoms with Gasteiger partial charge in [0.05, 0.1) is 6.10 Å². The van der Waals surface area contributed by atoms with Crippen molar-refractivity contribution in [3.05, 3.63) is 70.8 Å². The molecule has 3 N–H and O–H groups in total. The molecule has 4 heteroatoms. The molecule has 0 amide bonds.